The molecule has 4 rings (SSSR count). The molecule has 0 aliphatic heterocycles. The Morgan fingerprint density at radius 1 is 1.13 bits per heavy atom. The summed E-state index contributed by atoms with van der Waals surface area (Å²) >= 11 is 12.2. The number of halogens is 2. The fraction of sp³-hybridized carbons (Fsp3) is 0.273. The van der Waals surface area contributed by atoms with Crippen molar-refractivity contribution in [3.05, 3.63) is 63.3 Å². The highest BCUT2D eigenvalue weighted by Gasteiger charge is 2.48. The summed E-state index contributed by atoms with van der Waals surface area (Å²) in [5.74, 6) is -1.33. The van der Waals surface area contributed by atoms with Gasteiger partial charge in [-0.2, -0.15) is 0 Å². The number of fused-ring (bicyclic) bond motifs is 1. The molecule has 2 aromatic carbocycles. The van der Waals surface area contributed by atoms with Crippen molar-refractivity contribution in [2.24, 2.45) is 5.92 Å². The van der Waals surface area contributed by atoms with Crippen LogP contribution in [-0.2, 0) is 16.1 Å². The van der Waals surface area contributed by atoms with Crippen molar-refractivity contribution in [2.45, 2.75) is 18.9 Å². The normalized spacial score (nSPS) is 17.7. The molecule has 2 unspecified atom stereocenters. The monoisotopic (exact) mass is 447 g/mol. The molecule has 8 heteroatoms. The number of rotatable bonds is 6. The summed E-state index contributed by atoms with van der Waals surface area (Å²) in [6, 6.07) is 10.6. The van der Waals surface area contributed by atoms with E-state index >= 15 is 0 Å². The largest absolute Gasteiger partial charge is 0.497 e. The van der Waals surface area contributed by atoms with Crippen LogP contribution in [0, 0.1) is 5.92 Å². The molecule has 2 atom stereocenters. The molecule has 1 N–H and O–H groups in total. The molecule has 0 saturated heterocycles. The van der Waals surface area contributed by atoms with Crippen molar-refractivity contribution in [1.82, 2.24) is 4.57 Å². The zero-order chi connectivity index (χ0) is 21.6. The third-order valence-electron chi connectivity index (χ3n) is 5.50. The zero-order valence-corrected chi connectivity index (χ0v) is 17.8. The van der Waals surface area contributed by atoms with Crippen molar-refractivity contribution < 1.29 is 24.2 Å². The number of esters is 1. The summed E-state index contributed by atoms with van der Waals surface area (Å²) in [4.78, 5) is 24.4. The van der Waals surface area contributed by atoms with Crippen molar-refractivity contribution in [3.8, 4) is 5.75 Å². The summed E-state index contributed by atoms with van der Waals surface area (Å²) < 4.78 is 11.9. The quantitative estimate of drug-likeness (QED) is 0.539. The Balaban J connectivity index is 1.91. The molecule has 1 heterocycles. The minimum atomic E-state index is -1.06. The van der Waals surface area contributed by atoms with E-state index in [2.05, 4.69) is 0 Å². The lowest BCUT2D eigenvalue weighted by molar-refractivity contribution is -0.142. The maximum Gasteiger partial charge on any atom is 0.352 e. The number of benzene rings is 2. The Labute approximate surface area is 182 Å². The number of carboxylic acid groups (broad SMARTS) is 1. The fourth-order valence-corrected chi connectivity index (χ4v) is 4.32. The second kappa shape index (κ2) is 7.85. The first-order valence-electron chi connectivity index (χ1n) is 9.30. The molecule has 0 amide bonds. The molecule has 1 saturated carbocycles. The molecule has 0 bridgehead atoms. The van der Waals surface area contributed by atoms with E-state index in [0.29, 0.717) is 27.8 Å². The lowest BCUT2D eigenvalue weighted by atomic mass is 10.0. The van der Waals surface area contributed by atoms with Crippen LogP contribution < -0.4 is 4.74 Å². The smallest absolute Gasteiger partial charge is 0.352 e. The number of hydrogen-bond acceptors (Lipinski definition) is 4. The molecule has 1 aliphatic rings. The van der Waals surface area contributed by atoms with Crippen LogP contribution in [0.2, 0.25) is 10.0 Å². The van der Waals surface area contributed by atoms with Crippen molar-refractivity contribution in [1.29, 1.82) is 0 Å². The second-order valence-electron chi connectivity index (χ2n) is 7.26. The summed E-state index contributed by atoms with van der Waals surface area (Å²) in [6.45, 7) is 0.289. The summed E-state index contributed by atoms with van der Waals surface area (Å²) in [5, 5.41) is 11.7. The molecule has 6 nitrogen and oxygen atoms in total. The Morgan fingerprint density at radius 3 is 2.53 bits per heavy atom. The summed E-state index contributed by atoms with van der Waals surface area (Å²) in [6.07, 6.45) is 0.552. The third-order valence-corrected chi connectivity index (χ3v) is 6.24. The molecule has 3 aromatic rings. The van der Waals surface area contributed by atoms with Gasteiger partial charge in [0.2, 0.25) is 0 Å². The zero-order valence-electron chi connectivity index (χ0n) is 16.3. The molecule has 1 fully saturated rings. The van der Waals surface area contributed by atoms with Gasteiger partial charge in [-0.3, -0.25) is 4.79 Å². The molecular formula is C22H19Cl2NO5. The Bertz CT molecular complexity index is 1170. The predicted molar refractivity (Wildman–Crippen MR) is 114 cm³/mol. The second-order valence-corrected chi connectivity index (χ2v) is 8.07. The van der Waals surface area contributed by atoms with Crippen LogP contribution in [0.1, 0.15) is 34.0 Å². The Morgan fingerprint density at radius 2 is 1.90 bits per heavy atom. The van der Waals surface area contributed by atoms with E-state index in [4.69, 9.17) is 32.7 Å². The maximum atomic E-state index is 12.3. The van der Waals surface area contributed by atoms with Crippen LogP contribution >= 0.6 is 23.2 Å². The minimum absolute atomic E-state index is 0.153. The highest BCUT2D eigenvalue weighted by Crippen LogP contribution is 2.52. The first-order chi connectivity index (χ1) is 14.3. The Hall–Kier alpha value is -2.70. The maximum absolute atomic E-state index is 12.3. The minimum Gasteiger partial charge on any atom is -0.497 e. The van der Waals surface area contributed by atoms with E-state index in [0.717, 1.165) is 16.5 Å². The molecule has 0 radical (unpaired) electrons. The SMILES string of the molecule is COC(=O)C1CC1c1c(C(=O)O)n(Cc2ccc(Cl)c(Cl)c2)c2ccc(OC)cc12. The molecule has 156 valence electrons. The van der Waals surface area contributed by atoms with Gasteiger partial charge < -0.3 is 19.1 Å². The van der Waals surface area contributed by atoms with E-state index in [1.54, 1.807) is 29.9 Å². The van der Waals surface area contributed by atoms with Crippen LogP contribution in [0.4, 0.5) is 0 Å². The molecular weight excluding hydrogens is 429 g/mol. The number of hydrogen-bond donors (Lipinski definition) is 1. The standard InChI is InChI=1S/C22H19Cl2NO5/c1-29-12-4-6-18-15(8-12)19(13-9-14(13)22(28)30-2)20(21(26)27)25(18)10-11-3-5-16(23)17(24)7-11/h3-8,13-14H,9-10H2,1-2H3,(H,26,27). The van der Waals surface area contributed by atoms with Gasteiger partial charge in [-0.25, -0.2) is 4.79 Å². The number of nitrogens with zero attached hydrogens (tertiary/aromatic N) is 1. The lowest BCUT2D eigenvalue weighted by Gasteiger charge is -2.10. The van der Waals surface area contributed by atoms with Gasteiger partial charge >= 0.3 is 11.9 Å². The van der Waals surface area contributed by atoms with Crippen LogP contribution in [0.3, 0.4) is 0 Å². The average Bonchev–Trinajstić information content (AvgIpc) is 3.46. The number of methoxy groups -OCH3 is 2. The number of aromatic nitrogens is 1. The number of carbonyl (C=O) groups is 2. The first kappa shape index (κ1) is 20.6. The van der Waals surface area contributed by atoms with Crippen LogP contribution in [0.25, 0.3) is 10.9 Å². The van der Waals surface area contributed by atoms with Gasteiger partial charge in [-0.15, -0.1) is 0 Å². The van der Waals surface area contributed by atoms with Gasteiger partial charge in [0.25, 0.3) is 0 Å². The molecule has 1 aromatic heterocycles. The van der Waals surface area contributed by atoms with E-state index in [1.165, 1.54) is 7.11 Å². The third kappa shape index (κ3) is 3.50. The highest BCUT2D eigenvalue weighted by molar-refractivity contribution is 6.42. The van der Waals surface area contributed by atoms with E-state index in [-0.39, 0.29) is 30.0 Å². The predicted octanol–water partition coefficient (Wildman–Crippen LogP) is 4.98. The summed E-state index contributed by atoms with van der Waals surface area (Å²) in [7, 11) is 2.90. The van der Waals surface area contributed by atoms with Crippen LogP contribution in [-0.4, -0.2) is 35.8 Å². The highest BCUT2D eigenvalue weighted by atomic mass is 35.5. The van der Waals surface area contributed by atoms with Crippen molar-refractivity contribution in [3.63, 3.8) is 0 Å². The topological polar surface area (TPSA) is 77.8 Å². The first-order valence-corrected chi connectivity index (χ1v) is 10.1. The molecule has 30 heavy (non-hydrogen) atoms. The fourth-order valence-electron chi connectivity index (χ4n) is 4.00. The van der Waals surface area contributed by atoms with Gasteiger partial charge in [0, 0.05) is 23.4 Å². The van der Waals surface area contributed by atoms with Gasteiger partial charge in [0.15, 0.2) is 0 Å². The van der Waals surface area contributed by atoms with Crippen molar-refractivity contribution >= 4 is 46.0 Å². The molecule has 0 spiro atoms. The van der Waals surface area contributed by atoms with Gasteiger partial charge in [-0.05, 0) is 47.9 Å². The number of carbonyl (C=O) groups excluding carboxylic acids is 1. The molecule has 1 aliphatic carbocycles. The van der Waals surface area contributed by atoms with E-state index in [9.17, 15) is 14.7 Å². The summed E-state index contributed by atoms with van der Waals surface area (Å²) in [5.41, 5.74) is 2.34. The number of aromatic carboxylic acids is 1. The number of ether oxygens (including phenoxy) is 2. The average molecular weight is 448 g/mol. The lowest BCUT2D eigenvalue weighted by Crippen LogP contribution is -2.12. The van der Waals surface area contributed by atoms with Gasteiger partial charge in [0.1, 0.15) is 11.4 Å². The van der Waals surface area contributed by atoms with Gasteiger partial charge in [-0.1, -0.05) is 29.3 Å². The Kier molecular flexibility index (Phi) is 5.38. The van der Waals surface area contributed by atoms with Gasteiger partial charge in [0.05, 0.1) is 30.2 Å². The van der Waals surface area contributed by atoms with E-state index in [1.807, 2.05) is 18.2 Å². The number of carboxylic acids is 1. The van der Waals surface area contributed by atoms with E-state index < -0.39 is 5.97 Å². The van der Waals surface area contributed by atoms with Crippen molar-refractivity contribution in [2.75, 3.05) is 14.2 Å². The van der Waals surface area contributed by atoms with Crippen LogP contribution in [0.15, 0.2) is 36.4 Å². The van der Waals surface area contributed by atoms with Crippen LogP contribution in [0.5, 0.6) is 5.75 Å².